The van der Waals surface area contributed by atoms with Crippen molar-refractivity contribution in [3.63, 3.8) is 0 Å². The zero-order chi connectivity index (χ0) is 25.0. The summed E-state index contributed by atoms with van der Waals surface area (Å²) >= 11 is 0. The van der Waals surface area contributed by atoms with Crippen LogP contribution in [0.5, 0.6) is 5.75 Å². The third-order valence-electron chi connectivity index (χ3n) is 5.13. The van der Waals surface area contributed by atoms with Gasteiger partial charge in [-0.05, 0) is 50.1 Å². The molecule has 0 aliphatic carbocycles. The molecule has 9 nitrogen and oxygen atoms in total. The number of amides is 1. The number of ether oxygens (including phenoxy) is 1. The third kappa shape index (κ3) is 6.87. The van der Waals surface area contributed by atoms with Crippen LogP contribution in [0.4, 0.5) is 19.0 Å². The molecule has 1 amide bonds. The van der Waals surface area contributed by atoms with Crippen molar-refractivity contribution < 1.29 is 22.7 Å². The Labute approximate surface area is 199 Å². The molecule has 0 bridgehead atoms. The predicted octanol–water partition coefficient (Wildman–Crippen LogP) is 3.30. The minimum absolute atomic E-state index is 0.0460. The van der Waals surface area contributed by atoms with E-state index in [0.29, 0.717) is 28.8 Å². The van der Waals surface area contributed by atoms with Crippen molar-refractivity contribution in [2.24, 2.45) is 0 Å². The number of halogens is 3. The number of hydrogen-bond donors (Lipinski definition) is 4. The fourth-order valence-corrected chi connectivity index (χ4v) is 3.50. The summed E-state index contributed by atoms with van der Waals surface area (Å²) in [5, 5.41) is 6.01. The molecule has 2 unspecified atom stereocenters. The minimum Gasteiger partial charge on any atom is -0.406 e. The van der Waals surface area contributed by atoms with Crippen LogP contribution in [0.1, 0.15) is 35.1 Å². The van der Waals surface area contributed by atoms with E-state index in [1.54, 1.807) is 12.1 Å². The van der Waals surface area contributed by atoms with Crippen molar-refractivity contribution in [3.8, 4) is 17.1 Å². The molecule has 3 aromatic rings. The molecule has 0 spiro atoms. The number of hydrazine groups is 1. The largest absolute Gasteiger partial charge is 0.573 e. The van der Waals surface area contributed by atoms with Gasteiger partial charge >= 0.3 is 6.36 Å². The van der Waals surface area contributed by atoms with Gasteiger partial charge in [-0.3, -0.25) is 15.2 Å². The number of hydrogen-bond acceptors (Lipinski definition) is 8. The summed E-state index contributed by atoms with van der Waals surface area (Å²) in [5.41, 5.74) is 8.54. The Hall–Kier alpha value is -3.77. The lowest BCUT2D eigenvalue weighted by Crippen LogP contribution is -2.36. The number of rotatable bonds is 7. The Morgan fingerprint density at radius 3 is 2.54 bits per heavy atom. The maximum Gasteiger partial charge on any atom is 0.573 e. The Morgan fingerprint density at radius 2 is 1.91 bits per heavy atom. The highest BCUT2D eigenvalue weighted by atomic mass is 19.4. The molecule has 1 aromatic carbocycles. The molecule has 1 aliphatic rings. The van der Waals surface area contributed by atoms with Crippen LogP contribution in [0.3, 0.4) is 0 Å². The molecule has 4 rings (SSSR count). The highest BCUT2D eigenvalue weighted by Gasteiger charge is 2.31. The van der Waals surface area contributed by atoms with Crippen LogP contribution in [-0.2, 0) is 6.54 Å². The van der Waals surface area contributed by atoms with Crippen LogP contribution >= 0.6 is 0 Å². The van der Waals surface area contributed by atoms with Crippen molar-refractivity contribution in [2.75, 3.05) is 5.32 Å². The van der Waals surface area contributed by atoms with Crippen LogP contribution in [0.2, 0.25) is 0 Å². The van der Waals surface area contributed by atoms with Gasteiger partial charge in [-0.1, -0.05) is 12.1 Å². The molecule has 184 valence electrons. The van der Waals surface area contributed by atoms with E-state index in [-0.39, 0.29) is 24.2 Å². The summed E-state index contributed by atoms with van der Waals surface area (Å²) in [6.07, 6.45) is -2.29. The lowest BCUT2D eigenvalue weighted by atomic mass is 10.2. The Bertz CT molecular complexity index is 1170. The van der Waals surface area contributed by atoms with E-state index >= 15 is 0 Å². The fourth-order valence-electron chi connectivity index (χ4n) is 3.50. The van der Waals surface area contributed by atoms with Gasteiger partial charge in [0.2, 0.25) is 0 Å². The highest BCUT2D eigenvalue weighted by molar-refractivity contribution is 5.92. The predicted molar refractivity (Wildman–Crippen MR) is 122 cm³/mol. The van der Waals surface area contributed by atoms with E-state index in [2.05, 4.69) is 48.1 Å². The zero-order valence-corrected chi connectivity index (χ0v) is 19.0. The van der Waals surface area contributed by atoms with E-state index in [9.17, 15) is 18.0 Å². The Kier molecular flexibility index (Phi) is 7.12. The fraction of sp³-hybridized carbons (Fsp3) is 0.304. The molecule has 4 N–H and O–H groups in total. The van der Waals surface area contributed by atoms with Gasteiger partial charge in [0.25, 0.3) is 5.91 Å². The quantitative estimate of drug-likeness (QED) is 0.402. The SMILES string of the molecule is Cc1cc(NC2CC(C)NN2)nc(-c2ccc(C(=O)NCc3ccc(OC(F)(F)F)cc3)nc2)n1. The van der Waals surface area contributed by atoms with Crippen molar-refractivity contribution in [3.05, 3.63) is 65.6 Å². The first-order valence-corrected chi connectivity index (χ1v) is 10.9. The van der Waals surface area contributed by atoms with Crippen LogP contribution in [-0.4, -0.2) is 39.4 Å². The summed E-state index contributed by atoms with van der Waals surface area (Å²) in [6, 6.07) is 10.7. The number of carbonyl (C=O) groups is 1. The van der Waals surface area contributed by atoms with Crippen molar-refractivity contribution >= 4 is 11.7 Å². The summed E-state index contributed by atoms with van der Waals surface area (Å²) in [6.45, 7) is 4.07. The molecule has 1 aliphatic heterocycles. The number of nitrogens with zero attached hydrogens (tertiary/aromatic N) is 3. The van der Waals surface area contributed by atoms with Gasteiger partial charge < -0.3 is 15.4 Å². The average Bonchev–Trinajstić information content (AvgIpc) is 3.21. The average molecular weight is 487 g/mol. The number of nitrogens with one attached hydrogen (secondary N) is 4. The van der Waals surface area contributed by atoms with Gasteiger partial charge in [0.05, 0.1) is 6.17 Å². The smallest absolute Gasteiger partial charge is 0.406 e. The normalized spacial score (nSPS) is 17.7. The molecule has 1 saturated heterocycles. The maximum absolute atomic E-state index is 12.4. The van der Waals surface area contributed by atoms with Crippen LogP contribution in [0.25, 0.3) is 11.4 Å². The molecule has 2 aromatic heterocycles. The second kappa shape index (κ2) is 10.2. The first kappa shape index (κ1) is 24.4. The van der Waals surface area contributed by atoms with E-state index < -0.39 is 12.3 Å². The van der Waals surface area contributed by atoms with Crippen molar-refractivity contribution in [2.45, 2.75) is 45.4 Å². The Morgan fingerprint density at radius 1 is 1.14 bits per heavy atom. The second-order valence-corrected chi connectivity index (χ2v) is 8.15. The number of carbonyl (C=O) groups excluding carboxylic acids is 1. The monoisotopic (exact) mass is 487 g/mol. The molecular weight excluding hydrogens is 463 g/mol. The number of benzene rings is 1. The number of anilines is 1. The summed E-state index contributed by atoms with van der Waals surface area (Å²) in [5.74, 6) is 0.405. The molecule has 1 fully saturated rings. The van der Waals surface area contributed by atoms with Gasteiger partial charge in [0.1, 0.15) is 17.3 Å². The first-order valence-electron chi connectivity index (χ1n) is 10.9. The number of aryl methyl sites for hydroxylation is 1. The van der Waals surface area contributed by atoms with Crippen molar-refractivity contribution in [1.29, 1.82) is 0 Å². The second-order valence-electron chi connectivity index (χ2n) is 8.15. The minimum atomic E-state index is -4.75. The van der Waals surface area contributed by atoms with Gasteiger partial charge in [-0.15, -0.1) is 13.2 Å². The van der Waals surface area contributed by atoms with E-state index in [1.165, 1.54) is 30.5 Å². The van der Waals surface area contributed by atoms with Gasteiger partial charge in [0, 0.05) is 36.1 Å². The van der Waals surface area contributed by atoms with E-state index in [4.69, 9.17) is 0 Å². The molecular formula is C23H24F3N7O2. The highest BCUT2D eigenvalue weighted by Crippen LogP contribution is 2.23. The summed E-state index contributed by atoms with van der Waals surface area (Å²) in [7, 11) is 0. The lowest BCUT2D eigenvalue weighted by Gasteiger charge is -2.14. The van der Waals surface area contributed by atoms with Crippen molar-refractivity contribution in [1.82, 2.24) is 31.1 Å². The maximum atomic E-state index is 12.4. The van der Waals surface area contributed by atoms with Crippen LogP contribution in [0, 0.1) is 6.92 Å². The molecule has 3 heterocycles. The number of pyridine rings is 1. The number of alkyl halides is 3. The topological polar surface area (TPSA) is 113 Å². The van der Waals surface area contributed by atoms with Gasteiger partial charge in [0.15, 0.2) is 5.82 Å². The first-order chi connectivity index (χ1) is 16.6. The van der Waals surface area contributed by atoms with E-state index in [1.807, 2.05) is 13.0 Å². The lowest BCUT2D eigenvalue weighted by molar-refractivity contribution is -0.274. The molecule has 2 atom stereocenters. The van der Waals surface area contributed by atoms with Crippen LogP contribution < -0.4 is 26.2 Å². The van der Waals surface area contributed by atoms with Gasteiger partial charge in [-0.25, -0.2) is 15.4 Å². The molecule has 35 heavy (non-hydrogen) atoms. The Balaban J connectivity index is 1.36. The number of aromatic nitrogens is 3. The molecule has 0 saturated carbocycles. The molecule has 0 radical (unpaired) electrons. The summed E-state index contributed by atoms with van der Waals surface area (Å²) < 4.78 is 40.6. The standard InChI is InChI=1S/C23H24F3N7O2/c1-13-9-19(30-20-10-14(2)32-33-20)31-21(29-13)16-5-8-18(27-12-16)22(34)28-11-15-3-6-17(7-4-15)35-23(24,25)26/h3-9,12,14,20,32-33H,10-11H2,1-2H3,(H,28,34)(H,29,30,31). The third-order valence-corrected chi connectivity index (χ3v) is 5.13. The zero-order valence-electron chi connectivity index (χ0n) is 19.0. The summed E-state index contributed by atoms with van der Waals surface area (Å²) in [4.78, 5) is 25.7. The van der Waals surface area contributed by atoms with Gasteiger partial charge in [-0.2, -0.15) is 0 Å². The molecule has 12 heteroatoms. The van der Waals surface area contributed by atoms with Crippen LogP contribution in [0.15, 0.2) is 48.7 Å². The van der Waals surface area contributed by atoms with E-state index in [0.717, 1.165) is 12.1 Å².